The molecule has 20 heavy (non-hydrogen) atoms. The topological polar surface area (TPSA) is 29.5 Å². The largest absolute Gasteiger partial charge is 0.496 e. The number of aliphatic hydroxyl groups is 1. The molecule has 0 amide bonds. The number of hydrogen-bond acceptors (Lipinski definition) is 2. The van der Waals surface area contributed by atoms with Crippen LogP contribution in [-0.4, -0.2) is 12.2 Å². The van der Waals surface area contributed by atoms with Crippen LogP contribution in [-0.2, 0) is 5.60 Å². The third-order valence-electron chi connectivity index (χ3n) is 3.43. The molecule has 2 nitrogen and oxygen atoms in total. The van der Waals surface area contributed by atoms with Crippen LogP contribution < -0.4 is 4.74 Å². The average molecular weight is 339 g/mol. The third kappa shape index (κ3) is 2.58. The molecule has 0 aliphatic carbocycles. The van der Waals surface area contributed by atoms with E-state index >= 15 is 0 Å². The van der Waals surface area contributed by atoms with E-state index < -0.39 is 11.4 Å². The number of ether oxygens (including phenoxy) is 1. The molecule has 0 aromatic heterocycles. The predicted molar refractivity (Wildman–Crippen MR) is 80.5 cm³/mol. The first kappa shape index (κ1) is 15.0. The van der Waals surface area contributed by atoms with Crippen LogP contribution in [0, 0.1) is 12.7 Å². The normalized spacial score (nSPS) is 13.9. The summed E-state index contributed by atoms with van der Waals surface area (Å²) in [4.78, 5) is 0. The second kappa shape index (κ2) is 5.54. The Morgan fingerprint density at radius 3 is 2.55 bits per heavy atom. The molecule has 106 valence electrons. The fraction of sp³-hybridized carbons (Fsp3) is 0.250. The number of halogens is 2. The van der Waals surface area contributed by atoms with Crippen LogP contribution in [0.25, 0.3) is 0 Å². The minimum absolute atomic E-state index is 0.233. The van der Waals surface area contributed by atoms with E-state index in [-0.39, 0.29) is 5.56 Å². The summed E-state index contributed by atoms with van der Waals surface area (Å²) in [7, 11) is 1.59. The predicted octanol–water partition coefficient (Wildman–Crippen LogP) is 4.16. The van der Waals surface area contributed by atoms with Crippen LogP contribution in [0.1, 0.15) is 23.6 Å². The van der Waals surface area contributed by atoms with Crippen molar-refractivity contribution in [3.63, 3.8) is 0 Å². The molecule has 2 aromatic rings. The first-order valence-corrected chi connectivity index (χ1v) is 6.99. The maximum absolute atomic E-state index is 14.2. The minimum Gasteiger partial charge on any atom is -0.496 e. The maximum atomic E-state index is 14.2. The average Bonchev–Trinajstić information content (AvgIpc) is 2.41. The summed E-state index contributed by atoms with van der Waals surface area (Å²) in [5.74, 6) is 0.283. The van der Waals surface area contributed by atoms with Crippen molar-refractivity contribution in [2.24, 2.45) is 0 Å². The van der Waals surface area contributed by atoms with Crippen molar-refractivity contribution < 1.29 is 14.2 Å². The molecule has 0 aliphatic rings. The highest BCUT2D eigenvalue weighted by Crippen LogP contribution is 2.35. The van der Waals surface area contributed by atoms with E-state index in [4.69, 9.17) is 4.74 Å². The summed E-state index contributed by atoms with van der Waals surface area (Å²) in [5, 5.41) is 10.7. The van der Waals surface area contributed by atoms with Gasteiger partial charge in [0.25, 0.3) is 0 Å². The summed E-state index contributed by atoms with van der Waals surface area (Å²) in [6.45, 7) is 3.47. The first-order valence-electron chi connectivity index (χ1n) is 6.20. The van der Waals surface area contributed by atoms with Gasteiger partial charge in [0, 0.05) is 5.56 Å². The fourth-order valence-electron chi connectivity index (χ4n) is 2.22. The number of rotatable bonds is 3. The highest BCUT2D eigenvalue weighted by molar-refractivity contribution is 9.10. The van der Waals surface area contributed by atoms with Crippen molar-refractivity contribution in [1.82, 2.24) is 0 Å². The Labute approximate surface area is 126 Å². The van der Waals surface area contributed by atoms with Crippen LogP contribution >= 0.6 is 15.9 Å². The van der Waals surface area contributed by atoms with Crippen molar-refractivity contribution in [3.8, 4) is 5.75 Å². The zero-order valence-electron chi connectivity index (χ0n) is 11.6. The van der Waals surface area contributed by atoms with Gasteiger partial charge in [0.2, 0.25) is 0 Å². The zero-order valence-corrected chi connectivity index (χ0v) is 13.2. The Balaban J connectivity index is 2.54. The number of methoxy groups -OCH3 is 1. The van der Waals surface area contributed by atoms with E-state index in [1.807, 2.05) is 6.92 Å². The smallest absolute Gasteiger partial charge is 0.143 e. The molecule has 0 unspecified atom stereocenters. The van der Waals surface area contributed by atoms with Gasteiger partial charge in [-0.05, 0) is 59.1 Å². The number of hydrogen-bond donors (Lipinski definition) is 1. The van der Waals surface area contributed by atoms with Gasteiger partial charge in [-0.1, -0.05) is 18.2 Å². The van der Waals surface area contributed by atoms with Gasteiger partial charge >= 0.3 is 0 Å². The minimum atomic E-state index is -1.41. The lowest BCUT2D eigenvalue weighted by Crippen LogP contribution is -2.24. The third-order valence-corrected chi connectivity index (χ3v) is 4.05. The van der Waals surface area contributed by atoms with Crippen molar-refractivity contribution in [3.05, 3.63) is 63.4 Å². The zero-order chi connectivity index (χ0) is 14.9. The van der Waals surface area contributed by atoms with Gasteiger partial charge in [0.15, 0.2) is 0 Å². The quantitative estimate of drug-likeness (QED) is 0.910. The molecule has 0 spiro atoms. The lowest BCUT2D eigenvalue weighted by molar-refractivity contribution is 0.0977. The van der Waals surface area contributed by atoms with Crippen molar-refractivity contribution in [2.45, 2.75) is 19.4 Å². The van der Waals surface area contributed by atoms with E-state index in [1.165, 1.54) is 0 Å². The molecule has 4 heteroatoms. The van der Waals surface area contributed by atoms with Crippen LogP contribution in [0.3, 0.4) is 0 Å². The second-order valence-corrected chi connectivity index (χ2v) is 5.71. The summed E-state index contributed by atoms with van der Waals surface area (Å²) in [6, 6.07) is 10.2. The van der Waals surface area contributed by atoms with E-state index in [0.717, 1.165) is 11.3 Å². The molecule has 2 rings (SSSR count). The fourth-order valence-corrected chi connectivity index (χ4v) is 2.58. The molecule has 0 saturated carbocycles. The Bertz CT molecular complexity index is 638. The highest BCUT2D eigenvalue weighted by atomic mass is 79.9. The summed E-state index contributed by atoms with van der Waals surface area (Å²) >= 11 is 3.14. The van der Waals surface area contributed by atoms with E-state index in [2.05, 4.69) is 15.9 Å². The Morgan fingerprint density at radius 2 is 1.95 bits per heavy atom. The van der Waals surface area contributed by atoms with Crippen molar-refractivity contribution in [1.29, 1.82) is 0 Å². The number of benzene rings is 2. The Hall–Kier alpha value is -1.39. The van der Waals surface area contributed by atoms with Crippen LogP contribution in [0.5, 0.6) is 5.75 Å². The van der Waals surface area contributed by atoms with Gasteiger partial charge in [-0.15, -0.1) is 0 Å². The van der Waals surface area contributed by atoms with Crippen LogP contribution in [0.4, 0.5) is 4.39 Å². The molecule has 0 saturated heterocycles. The summed E-state index contributed by atoms with van der Waals surface area (Å²) in [5.41, 5.74) is 0.329. The maximum Gasteiger partial charge on any atom is 0.143 e. The van der Waals surface area contributed by atoms with Gasteiger partial charge in [0.05, 0.1) is 11.6 Å². The van der Waals surface area contributed by atoms with E-state index in [1.54, 1.807) is 50.4 Å². The van der Waals surface area contributed by atoms with E-state index in [9.17, 15) is 9.50 Å². The molecule has 0 fully saturated rings. The summed E-state index contributed by atoms with van der Waals surface area (Å²) in [6.07, 6.45) is 0. The monoisotopic (exact) mass is 338 g/mol. The molecule has 0 bridgehead atoms. The molecule has 1 N–H and O–H groups in total. The molecule has 0 heterocycles. The van der Waals surface area contributed by atoms with Gasteiger partial charge in [-0.25, -0.2) is 4.39 Å². The van der Waals surface area contributed by atoms with Gasteiger partial charge < -0.3 is 9.84 Å². The second-order valence-electron chi connectivity index (χ2n) is 4.86. The lowest BCUT2D eigenvalue weighted by Gasteiger charge is -2.26. The molecular weight excluding hydrogens is 323 g/mol. The van der Waals surface area contributed by atoms with Crippen LogP contribution in [0.2, 0.25) is 0 Å². The number of aryl methyl sites for hydroxylation is 1. The first-order chi connectivity index (χ1) is 9.37. The molecule has 0 aliphatic heterocycles. The molecule has 1 atom stereocenters. The molecular formula is C16H16BrFO2. The Kier molecular flexibility index (Phi) is 4.16. The molecule has 2 aromatic carbocycles. The Morgan fingerprint density at radius 1 is 1.25 bits per heavy atom. The van der Waals surface area contributed by atoms with Crippen molar-refractivity contribution >= 4 is 15.9 Å². The van der Waals surface area contributed by atoms with Gasteiger partial charge in [-0.2, -0.15) is 0 Å². The highest BCUT2D eigenvalue weighted by Gasteiger charge is 2.30. The van der Waals surface area contributed by atoms with Crippen LogP contribution in [0.15, 0.2) is 40.9 Å². The SMILES string of the molecule is COc1ccc([C@@](C)(O)c2cccc(Br)c2F)cc1C. The summed E-state index contributed by atoms with van der Waals surface area (Å²) < 4.78 is 19.7. The van der Waals surface area contributed by atoms with Crippen molar-refractivity contribution in [2.75, 3.05) is 7.11 Å². The standard InChI is InChI=1S/C16H16BrFO2/c1-10-9-11(7-8-14(10)20-3)16(2,19)12-5-4-6-13(17)15(12)18/h4-9,19H,1-3H3/t16-/m1/s1. The van der Waals surface area contributed by atoms with E-state index in [0.29, 0.717) is 10.0 Å². The van der Waals surface area contributed by atoms with Gasteiger partial charge in [0.1, 0.15) is 17.2 Å². The lowest BCUT2D eigenvalue weighted by atomic mass is 9.87. The molecule has 0 radical (unpaired) electrons. The van der Waals surface area contributed by atoms with Gasteiger partial charge in [-0.3, -0.25) is 0 Å².